The Kier molecular flexibility index (Phi) is 3.79. The minimum absolute atomic E-state index is 0.365. The molecular formula is C15H21N3O. The Labute approximate surface area is 114 Å². The van der Waals surface area contributed by atoms with E-state index in [-0.39, 0.29) is 0 Å². The number of ether oxygens (including phenoxy) is 1. The van der Waals surface area contributed by atoms with E-state index in [4.69, 9.17) is 10.5 Å². The van der Waals surface area contributed by atoms with E-state index in [0.29, 0.717) is 12.6 Å². The summed E-state index contributed by atoms with van der Waals surface area (Å²) in [6.07, 6.45) is 1.97. The number of anilines is 1. The molecule has 0 amide bonds. The van der Waals surface area contributed by atoms with Gasteiger partial charge in [0.05, 0.1) is 5.69 Å². The Hall–Kier alpha value is -1.97. The molecule has 0 radical (unpaired) electrons. The van der Waals surface area contributed by atoms with Crippen molar-refractivity contribution in [3.63, 3.8) is 0 Å². The highest BCUT2D eigenvalue weighted by atomic mass is 16.5. The molecule has 0 aliphatic carbocycles. The maximum Gasteiger partial charge on any atom is 0.132 e. The minimum atomic E-state index is 0.365. The van der Waals surface area contributed by atoms with Crippen molar-refractivity contribution in [2.24, 2.45) is 0 Å². The second-order valence-electron chi connectivity index (χ2n) is 5.10. The minimum Gasteiger partial charge on any atom is -0.487 e. The average Bonchev–Trinajstić information content (AvgIpc) is 2.83. The number of aromatic nitrogens is 2. The van der Waals surface area contributed by atoms with Gasteiger partial charge in [-0.2, -0.15) is 5.10 Å². The third kappa shape index (κ3) is 2.89. The zero-order valence-corrected chi connectivity index (χ0v) is 12.0. The Morgan fingerprint density at radius 3 is 2.63 bits per heavy atom. The van der Waals surface area contributed by atoms with Gasteiger partial charge < -0.3 is 10.5 Å². The molecule has 0 fully saturated rings. The second-order valence-corrected chi connectivity index (χ2v) is 5.10. The average molecular weight is 259 g/mol. The second kappa shape index (κ2) is 5.34. The van der Waals surface area contributed by atoms with E-state index in [2.05, 4.69) is 18.9 Å². The molecule has 0 aliphatic heterocycles. The van der Waals surface area contributed by atoms with Gasteiger partial charge in [-0.05, 0) is 45.4 Å². The number of hydrogen-bond donors (Lipinski definition) is 1. The molecule has 0 saturated heterocycles. The van der Waals surface area contributed by atoms with Crippen LogP contribution in [0.15, 0.2) is 24.4 Å². The molecule has 2 N–H and O–H groups in total. The molecule has 0 saturated carbocycles. The summed E-state index contributed by atoms with van der Waals surface area (Å²) in [7, 11) is 0. The van der Waals surface area contributed by atoms with Gasteiger partial charge >= 0.3 is 0 Å². The molecule has 2 aromatic rings. The molecule has 19 heavy (non-hydrogen) atoms. The molecule has 1 aromatic carbocycles. The third-order valence-electron chi connectivity index (χ3n) is 3.20. The van der Waals surface area contributed by atoms with Gasteiger partial charge in [-0.1, -0.05) is 6.07 Å². The van der Waals surface area contributed by atoms with Crippen LogP contribution in [-0.4, -0.2) is 9.78 Å². The highest BCUT2D eigenvalue weighted by molar-refractivity contribution is 5.56. The van der Waals surface area contributed by atoms with E-state index in [1.54, 1.807) is 0 Å². The molecular weight excluding hydrogens is 238 g/mol. The highest BCUT2D eigenvalue weighted by Crippen LogP contribution is 2.28. The summed E-state index contributed by atoms with van der Waals surface area (Å²) in [6, 6.07) is 6.23. The van der Waals surface area contributed by atoms with Crippen LogP contribution in [0.4, 0.5) is 5.69 Å². The van der Waals surface area contributed by atoms with Crippen LogP contribution < -0.4 is 10.5 Å². The Morgan fingerprint density at radius 2 is 2.00 bits per heavy atom. The number of hydrogen-bond acceptors (Lipinski definition) is 3. The largest absolute Gasteiger partial charge is 0.487 e. The maximum absolute atomic E-state index is 5.90. The molecule has 0 aliphatic rings. The van der Waals surface area contributed by atoms with Crippen molar-refractivity contribution in [3.05, 3.63) is 41.2 Å². The Balaban J connectivity index is 2.12. The van der Waals surface area contributed by atoms with Crippen molar-refractivity contribution >= 4 is 5.69 Å². The van der Waals surface area contributed by atoms with E-state index in [1.165, 1.54) is 0 Å². The van der Waals surface area contributed by atoms with Crippen LogP contribution in [-0.2, 0) is 6.61 Å². The molecule has 1 heterocycles. The van der Waals surface area contributed by atoms with Crippen LogP contribution in [0.25, 0.3) is 0 Å². The van der Waals surface area contributed by atoms with Crippen LogP contribution in [0.2, 0.25) is 0 Å². The summed E-state index contributed by atoms with van der Waals surface area (Å²) in [5.74, 6) is 0.860. The van der Waals surface area contributed by atoms with Crippen LogP contribution >= 0.6 is 0 Å². The van der Waals surface area contributed by atoms with Crippen molar-refractivity contribution in [3.8, 4) is 5.75 Å². The lowest BCUT2D eigenvalue weighted by molar-refractivity contribution is 0.295. The number of nitrogens with zero attached hydrogens (tertiary/aromatic N) is 2. The normalized spacial score (nSPS) is 11.0. The number of aryl methyl sites for hydroxylation is 1. The van der Waals surface area contributed by atoms with Crippen molar-refractivity contribution < 1.29 is 4.74 Å². The molecule has 0 atom stereocenters. The summed E-state index contributed by atoms with van der Waals surface area (Å²) in [5.41, 5.74) is 9.67. The fourth-order valence-electron chi connectivity index (χ4n) is 1.95. The summed E-state index contributed by atoms with van der Waals surface area (Å²) < 4.78 is 7.80. The SMILES string of the molecule is Cc1ccc(N)c(C)c1OCc1ccn(C(C)C)n1. The monoisotopic (exact) mass is 259 g/mol. The van der Waals surface area contributed by atoms with Crippen molar-refractivity contribution in [2.75, 3.05) is 5.73 Å². The quantitative estimate of drug-likeness (QED) is 0.857. The van der Waals surface area contributed by atoms with Gasteiger partial charge in [-0.25, -0.2) is 0 Å². The predicted molar refractivity (Wildman–Crippen MR) is 77.3 cm³/mol. The van der Waals surface area contributed by atoms with Crippen LogP contribution in [0, 0.1) is 13.8 Å². The zero-order chi connectivity index (χ0) is 14.0. The van der Waals surface area contributed by atoms with E-state index < -0.39 is 0 Å². The number of nitrogens with two attached hydrogens (primary N) is 1. The highest BCUT2D eigenvalue weighted by Gasteiger charge is 2.08. The van der Waals surface area contributed by atoms with Gasteiger partial charge in [0, 0.05) is 23.5 Å². The Morgan fingerprint density at radius 1 is 1.26 bits per heavy atom. The first-order valence-electron chi connectivity index (χ1n) is 6.51. The predicted octanol–water partition coefficient (Wildman–Crippen LogP) is 3.24. The van der Waals surface area contributed by atoms with Crippen LogP contribution in [0.5, 0.6) is 5.75 Å². The first-order chi connectivity index (χ1) is 8.99. The number of nitrogen functional groups attached to an aromatic ring is 1. The van der Waals surface area contributed by atoms with Gasteiger partial charge in [0.2, 0.25) is 0 Å². The molecule has 1 aromatic heterocycles. The number of benzene rings is 1. The van der Waals surface area contributed by atoms with Crippen molar-refractivity contribution in [1.82, 2.24) is 9.78 Å². The lowest BCUT2D eigenvalue weighted by Crippen LogP contribution is -2.05. The molecule has 102 valence electrons. The van der Waals surface area contributed by atoms with E-state index in [1.807, 2.05) is 42.9 Å². The first-order valence-corrected chi connectivity index (χ1v) is 6.51. The fourth-order valence-corrected chi connectivity index (χ4v) is 1.95. The lowest BCUT2D eigenvalue weighted by Gasteiger charge is -2.13. The van der Waals surface area contributed by atoms with E-state index in [0.717, 1.165) is 28.3 Å². The molecule has 2 rings (SSSR count). The summed E-state index contributed by atoms with van der Waals surface area (Å²) in [4.78, 5) is 0. The fraction of sp³-hybridized carbons (Fsp3) is 0.400. The summed E-state index contributed by atoms with van der Waals surface area (Å²) in [6.45, 7) is 8.66. The van der Waals surface area contributed by atoms with Crippen LogP contribution in [0.3, 0.4) is 0 Å². The zero-order valence-electron chi connectivity index (χ0n) is 12.0. The molecule has 0 spiro atoms. The lowest BCUT2D eigenvalue weighted by atomic mass is 10.1. The number of rotatable bonds is 4. The topological polar surface area (TPSA) is 53.1 Å². The van der Waals surface area contributed by atoms with E-state index in [9.17, 15) is 0 Å². The summed E-state index contributed by atoms with van der Waals surface area (Å²) in [5, 5.41) is 4.47. The standard InChI is InChI=1S/C15H21N3O/c1-10(2)18-8-7-13(17-18)9-19-15-11(3)5-6-14(16)12(15)4/h5-8,10H,9,16H2,1-4H3. The first kappa shape index (κ1) is 13.5. The van der Waals surface area contributed by atoms with E-state index >= 15 is 0 Å². The smallest absolute Gasteiger partial charge is 0.132 e. The van der Waals surface area contributed by atoms with Gasteiger partial charge in [-0.3, -0.25) is 4.68 Å². The Bertz CT molecular complexity index is 573. The van der Waals surface area contributed by atoms with Gasteiger partial charge in [0.1, 0.15) is 12.4 Å². The molecule has 0 unspecified atom stereocenters. The van der Waals surface area contributed by atoms with Gasteiger partial charge in [0.25, 0.3) is 0 Å². The summed E-state index contributed by atoms with van der Waals surface area (Å²) >= 11 is 0. The van der Waals surface area contributed by atoms with Gasteiger partial charge in [-0.15, -0.1) is 0 Å². The molecule has 0 bridgehead atoms. The maximum atomic E-state index is 5.90. The van der Waals surface area contributed by atoms with Crippen molar-refractivity contribution in [1.29, 1.82) is 0 Å². The van der Waals surface area contributed by atoms with Crippen LogP contribution in [0.1, 0.15) is 36.7 Å². The molecule has 4 nitrogen and oxygen atoms in total. The van der Waals surface area contributed by atoms with Crippen molar-refractivity contribution in [2.45, 2.75) is 40.3 Å². The van der Waals surface area contributed by atoms with Gasteiger partial charge in [0.15, 0.2) is 0 Å². The molecule has 4 heteroatoms. The third-order valence-corrected chi connectivity index (χ3v) is 3.20.